The molecule has 0 radical (unpaired) electrons. The Morgan fingerprint density at radius 1 is 1.08 bits per heavy atom. The molecule has 130 valence electrons. The summed E-state index contributed by atoms with van der Waals surface area (Å²) in [6.45, 7) is 3.39. The van der Waals surface area contributed by atoms with Crippen LogP contribution in [0.25, 0.3) is 0 Å². The number of ketones is 1. The first-order chi connectivity index (χ1) is 12.3. The first kappa shape index (κ1) is 17.0. The lowest BCUT2D eigenvalue weighted by atomic mass is 10.1. The van der Waals surface area contributed by atoms with Gasteiger partial charge in [0.15, 0.2) is 5.78 Å². The quantitative estimate of drug-likeness (QED) is 0.647. The molecule has 2 aromatic carbocycles. The van der Waals surface area contributed by atoms with Crippen molar-refractivity contribution >= 4 is 17.2 Å². The van der Waals surface area contributed by atoms with E-state index in [1.165, 1.54) is 11.8 Å². The van der Waals surface area contributed by atoms with E-state index < -0.39 is 0 Å². The van der Waals surface area contributed by atoms with Crippen LogP contribution in [0.5, 0.6) is 5.75 Å². The third-order valence-corrected chi connectivity index (χ3v) is 4.10. The van der Waals surface area contributed by atoms with Crippen molar-refractivity contribution in [2.24, 2.45) is 0 Å². The Morgan fingerprint density at radius 2 is 1.76 bits per heavy atom. The van der Waals surface area contributed by atoms with Crippen molar-refractivity contribution in [3.63, 3.8) is 0 Å². The molecule has 5 nitrogen and oxygen atoms in total. The number of carbonyl (C=O) groups is 1. The molecule has 0 atom stereocenters. The van der Waals surface area contributed by atoms with Crippen molar-refractivity contribution in [3.05, 3.63) is 66.4 Å². The Bertz CT molecular complexity index is 718. The number of morpholine rings is 1. The monoisotopic (exact) mass is 338 g/mol. The second-order valence-electron chi connectivity index (χ2n) is 5.72. The number of hydrogen-bond donors (Lipinski definition) is 1. The van der Waals surface area contributed by atoms with Gasteiger partial charge < -0.3 is 19.7 Å². The van der Waals surface area contributed by atoms with Crippen molar-refractivity contribution in [2.75, 3.05) is 43.6 Å². The SMILES string of the molecule is COc1ccc(C(=O)C=CNc2ccc(N3CCOCC3)cc2)cc1. The molecule has 1 saturated heterocycles. The van der Waals surface area contributed by atoms with Gasteiger partial charge in [-0.05, 0) is 48.5 Å². The van der Waals surface area contributed by atoms with E-state index in [9.17, 15) is 4.79 Å². The smallest absolute Gasteiger partial charge is 0.187 e. The number of rotatable bonds is 6. The highest BCUT2D eigenvalue weighted by Gasteiger charge is 2.10. The molecule has 1 aliphatic heterocycles. The van der Waals surface area contributed by atoms with E-state index in [0.29, 0.717) is 5.56 Å². The van der Waals surface area contributed by atoms with E-state index >= 15 is 0 Å². The lowest BCUT2D eigenvalue weighted by Crippen LogP contribution is -2.36. The molecule has 1 heterocycles. The Balaban J connectivity index is 1.55. The third-order valence-electron chi connectivity index (χ3n) is 4.10. The predicted octanol–water partition coefficient (Wildman–Crippen LogP) is 3.34. The molecule has 0 unspecified atom stereocenters. The topological polar surface area (TPSA) is 50.8 Å². The van der Waals surface area contributed by atoms with Crippen LogP contribution in [0.3, 0.4) is 0 Å². The van der Waals surface area contributed by atoms with Crippen LogP contribution in [-0.4, -0.2) is 39.2 Å². The molecule has 0 spiro atoms. The second-order valence-corrected chi connectivity index (χ2v) is 5.72. The van der Waals surface area contributed by atoms with Crippen molar-refractivity contribution in [1.29, 1.82) is 0 Å². The van der Waals surface area contributed by atoms with Gasteiger partial charge in [-0.2, -0.15) is 0 Å². The molecule has 3 rings (SSSR count). The summed E-state index contributed by atoms with van der Waals surface area (Å²) < 4.78 is 10.5. The van der Waals surface area contributed by atoms with Gasteiger partial charge in [0.1, 0.15) is 5.75 Å². The summed E-state index contributed by atoms with van der Waals surface area (Å²) in [5, 5.41) is 3.13. The Kier molecular flexibility index (Phi) is 5.69. The van der Waals surface area contributed by atoms with Gasteiger partial charge in [0, 0.05) is 42.3 Å². The second kappa shape index (κ2) is 8.35. The van der Waals surface area contributed by atoms with Gasteiger partial charge in [0.25, 0.3) is 0 Å². The molecule has 1 N–H and O–H groups in total. The summed E-state index contributed by atoms with van der Waals surface area (Å²) in [6.07, 6.45) is 3.19. The molecule has 1 aliphatic rings. The molecule has 0 saturated carbocycles. The number of hydrogen-bond acceptors (Lipinski definition) is 5. The van der Waals surface area contributed by atoms with Gasteiger partial charge in [-0.25, -0.2) is 0 Å². The number of nitrogens with zero attached hydrogens (tertiary/aromatic N) is 1. The highest BCUT2D eigenvalue weighted by Crippen LogP contribution is 2.19. The summed E-state index contributed by atoms with van der Waals surface area (Å²) in [4.78, 5) is 14.4. The predicted molar refractivity (Wildman–Crippen MR) is 99.6 cm³/mol. The number of nitrogens with one attached hydrogen (secondary N) is 1. The number of anilines is 2. The first-order valence-corrected chi connectivity index (χ1v) is 8.30. The number of allylic oxidation sites excluding steroid dienone is 1. The molecule has 0 aliphatic carbocycles. The highest BCUT2D eigenvalue weighted by atomic mass is 16.5. The van der Waals surface area contributed by atoms with Gasteiger partial charge in [-0.1, -0.05) is 0 Å². The first-order valence-electron chi connectivity index (χ1n) is 8.30. The third kappa shape index (κ3) is 4.61. The van der Waals surface area contributed by atoms with Crippen LogP contribution < -0.4 is 15.0 Å². The van der Waals surface area contributed by atoms with Gasteiger partial charge in [-0.15, -0.1) is 0 Å². The standard InChI is InChI=1S/C20H22N2O3/c1-24-19-8-2-16(3-9-19)20(23)10-11-21-17-4-6-18(7-5-17)22-12-14-25-15-13-22/h2-11,21H,12-15H2,1H3. The molecule has 2 aromatic rings. The maximum atomic E-state index is 12.1. The summed E-state index contributed by atoms with van der Waals surface area (Å²) in [6, 6.07) is 15.2. The van der Waals surface area contributed by atoms with Crippen molar-refractivity contribution in [3.8, 4) is 5.75 Å². The highest BCUT2D eigenvalue weighted by molar-refractivity contribution is 6.04. The lowest BCUT2D eigenvalue weighted by molar-refractivity contribution is 0.104. The Morgan fingerprint density at radius 3 is 2.40 bits per heavy atom. The maximum Gasteiger partial charge on any atom is 0.187 e. The largest absolute Gasteiger partial charge is 0.497 e. The Hall–Kier alpha value is -2.79. The van der Waals surface area contributed by atoms with E-state index in [0.717, 1.165) is 37.7 Å². The van der Waals surface area contributed by atoms with E-state index in [1.54, 1.807) is 37.6 Å². The normalized spacial score (nSPS) is 14.5. The lowest BCUT2D eigenvalue weighted by Gasteiger charge is -2.28. The van der Waals surface area contributed by atoms with Crippen LogP contribution in [-0.2, 0) is 4.74 Å². The maximum absolute atomic E-state index is 12.1. The van der Waals surface area contributed by atoms with Crippen LogP contribution in [0.15, 0.2) is 60.8 Å². The van der Waals surface area contributed by atoms with Crippen LogP contribution in [0, 0.1) is 0 Å². The molecular weight excluding hydrogens is 316 g/mol. The summed E-state index contributed by atoms with van der Waals surface area (Å²) >= 11 is 0. The molecule has 5 heteroatoms. The minimum Gasteiger partial charge on any atom is -0.497 e. The van der Waals surface area contributed by atoms with Crippen molar-refractivity contribution in [2.45, 2.75) is 0 Å². The average molecular weight is 338 g/mol. The minimum atomic E-state index is -0.0555. The zero-order valence-electron chi connectivity index (χ0n) is 14.3. The molecule has 25 heavy (non-hydrogen) atoms. The van der Waals surface area contributed by atoms with Crippen LogP contribution in [0.1, 0.15) is 10.4 Å². The fourth-order valence-corrected chi connectivity index (χ4v) is 2.66. The summed E-state index contributed by atoms with van der Waals surface area (Å²) in [7, 11) is 1.60. The number of carbonyl (C=O) groups excluding carboxylic acids is 1. The number of ether oxygens (including phenoxy) is 2. The van der Waals surface area contributed by atoms with Gasteiger partial charge in [-0.3, -0.25) is 4.79 Å². The van der Waals surface area contributed by atoms with Crippen molar-refractivity contribution in [1.82, 2.24) is 0 Å². The summed E-state index contributed by atoms with van der Waals surface area (Å²) in [5.41, 5.74) is 2.75. The molecule has 0 bridgehead atoms. The molecule has 0 aromatic heterocycles. The van der Waals surface area contributed by atoms with Gasteiger partial charge in [0.05, 0.1) is 20.3 Å². The molecule has 1 fully saturated rings. The van der Waals surface area contributed by atoms with Crippen molar-refractivity contribution < 1.29 is 14.3 Å². The fourth-order valence-electron chi connectivity index (χ4n) is 2.66. The van der Waals surface area contributed by atoms with E-state index in [2.05, 4.69) is 22.3 Å². The van der Waals surface area contributed by atoms with Crippen LogP contribution in [0.4, 0.5) is 11.4 Å². The van der Waals surface area contributed by atoms with Gasteiger partial charge >= 0.3 is 0 Å². The van der Waals surface area contributed by atoms with E-state index in [1.807, 2.05) is 12.1 Å². The molecular formula is C20H22N2O3. The fraction of sp³-hybridized carbons (Fsp3) is 0.250. The van der Waals surface area contributed by atoms with E-state index in [4.69, 9.17) is 9.47 Å². The van der Waals surface area contributed by atoms with Crippen LogP contribution >= 0.6 is 0 Å². The van der Waals surface area contributed by atoms with Gasteiger partial charge in [0.2, 0.25) is 0 Å². The number of benzene rings is 2. The molecule has 0 amide bonds. The zero-order chi connectivity index (χ0) is 17.5. The number of methoxy groups -OCH3 is 1. The summed E-state index contributed by atoms with van der Waals surface area (Å²) in [5.74, 6) is 0.680. The van der Waals surface area contributed by atoms with Crippen LogP contribution in [0.2, 0.25) is 0 Å². The Labute approximate surface area is 147 Å². The minimum absolute atomic E-state index is 0.0555. The average Bonchev–Trinajstić information content (AvgIpc) is 2.69. The van der Waals surface area contributed by atoms with E-state index in [-0.39, 0.29) is 5.78 Å². The zero-order valence-corrected chi connectivity index (χ0v) is 14.3.